The summed E-state index contributed by atoms with van der Waals surface area (Å²) in [7, 11) is 4.44. The summed E-state index contributed by atoms with van der Waals surface area (Å²) in [5.74, 6) is 0.810. The van der Waals surface area contributed by atoms with E-state index in [1.54, 1.807) is 0 Å². The minimum absolute atomic E-state index is 0.810. The fraction of sp³-hybridized carbons (Fsp3) is 0.600. The molecule has 0 aliphatic carbocycles. The molecule has 1 saturated heterocycles. The van der Waals surface area contributed by atoms with Gasteiger partial charge in [0.1, 0.15) is 0 Å². The molecule has 0 saturated carbocycles. The molecule has 1 fully saturated rings. The number of aryl methyl sites for hydroxylation is 1. The number of halogens is 1. The lowest BCUT2D eigenvalue weighted by Crippen LogP contribution is -2.27. The highest BCUT2D eigenvalue weighted by Crippen LogP contribution is 2.25. The van der Waals surface area contributed by atoms with Crippen LogP contribution in [-0.2, 0) is 5.33 Å². The summed E-state index contributed by atoms with van der Waals surface area (Å²) in [6.07, 6.45) is 1.33. The van der Waals surface area contributed by atoms with Gasteiger partial charge in [-0.3, -0.25) is 0 Å². The van der Waals surface area contributed by atoms with Crippen molar-refractivity contribution in [1.29, 1.82) is 0 Å². The summed E-state index contributed by atoms with van der Waals surface area (Å²) in [6, 6.07) is 6.74. The average molecular weight is 311 g/mol. The molecule has 2 rings (SSSR count). The monoisotopic (exact) mass is 310 g/mol. The molecule has 1 aliphatic heterocycles. The maximum atomic E-state index is 3.60. The lowest BCUT2D eigenvalue weighted by atomic mass is 10.1. The van der Waals surface area contributed by atoms with Crippen molar-refractivity contribution in [1.82, 2.24) is 4.90 Å². The van der Waals surface area contributed by atoms with Crippen LogP contribution in [0.3, 0.4) is 0 Å². The molecule has 0 radical (unpaired) electrons. The molecular formula is C15H23BrN2. The molecule has 0 bridgehead atoms. The van der Waals surface area contributed by atoms with E-state index in [4.69, 9.17) is 0 Å². The normalized spacial score (nSPS) is 20.3. The second kappa shape index (κ2) is 6.07. The van der Waals surface area contributed by atoms with Crippen molar-refractivity contribution in [2.24, 2.45) is 5.92 Å². The van der Waals surface area contributed by atoms with Gasteiger partial charge >= 0.3 is 0 Å². The Hall–Kier alpha value is -0.540. The van der Waals surface area contributed by atoms with Crippen LogP contribution in [0, 0.1) is 12.8 Å². The van der Waals surface area contributed by atoms with Gasteiger partial charge in [-0.2, -0.15) is 0 Å². The van der Waals surface area contributed by atoms with Crippen molar-refractivity contribution in [2.45, 2.75) is 18.7 Å². The molecule has 0 amide bonds. The van der Waals surface area contributed by atoms with E-state index in [0.717, 1.165) is 17.8 Å². The van der Waals surface area contributed by atoms with E-state index in [-0.39, 0.29) is 0 Å². The highest BCUT2D eigenvalue weighted by atomic mass is 79.9. The minimum atomic E-state index is 0.810. The topological polar surface area (TPSA) is 6.48 Å². The van der Waals surface area contributed by atoms with Crippen LogP contribution < -0.4 is 4.90 Å². The Kier molecular flexibility index (Phi) is 4.68. The molecule has 0 spiro atoms. The van der Waals surface area contributed by atoms with Crippen molar-refractivity contribution < 1.29 is 0 Å². The van der Waals surface area contributed by atoms with Gasteiger partial charge < -0.3 is 9.80 Å². The first kappa shape index (κ1) is 13.9. The number of anilines is 1. The summed E-state index contributed by atoms with van der Waals surface area (Å²) in [5.41, 5.74) is 4.10. The van der Waals surface area contributed by atoms with E-state index in [0.29, 0.717) is 0 Å². The molecule has 1 heterocycles. The van der Waals surface area contributed by atoms with E-state index in [1.165, 1.54) is 36.3 Å². The van der Waals surface area contributed by atoms with Gasteiger partial charge in [-0.1, -0.05) is 33.6 Å². The van der Waals surface area contributed by atoms with E-state index >= 15 is 0 Å². The van der Waals surface area contributed by atoms with Crippen LogP contribution in [0.1, 0.15) is 17.5 Å². The van der Waals surface area contributed by atoms with Gasteiger partial charge in [0.15, 0.2) is 0 Å². The molecule has 0 N–H and O–H groups in total. The standard InChI is InChI=1S/C15H23BrN2/c1-12-4-5-15(14(8-12)9-16)18(3)11-13-6-7-17(2)10-13/h4-5,8,13H,6-7,9-11H2,1-3H3. The maximum Gasteiger partial charge on any atom is 0.0405 e. The predicted octanol–water partition coefficient (Wildman–Crippen LogP) is 3.28. The third-order valence-corrected chi connectivity index (χ3v) is 4.42. The van der Waals surface area contributed by atoms with E-state index in [9.17, 15) is 0 Å². The second-order valence-electron chi connectivity index (χ2n) is 5.56. The average Bonchev–Trinajstić information content (AvgIpc) is 2.74. The number of hydrogen-bond donors (Lipinski definition) is 0. The van der Waals surface area contributed by atoms with Gasteiger partial charge in [0, 0.05) is 31.2 Å². The summed E-state index contributed by atoms with van der Waals surface area (Å²) < 4.78 is 0. The van der Waals surface area contributed by atoms with Gasteiger partial charge in [-0.05, 0) is 44.5 Å². The number of hydrogen-bond acceptors (Lipinski definition) is 2. The zero-order valence-electron chi connectivity index (χ0n) is 11.6. The van der Waals surface area contributed by atoms with Crippen LogP contribution >= 0.6 is 15.9 Å². The SMILES string of the molecule is Cc1ccc(N(C)CC2CCN(C)C2)c(CBr)c1. The first-order chi connectivity index (χ1) is 8.60. The molecule has 1 atom stereocenters. The lowest BCUT2D eigenvalue weighted by Gasteiger charge is -2.25. The molecule has 1 aromatic rings. The van der Waals surface area contributed by atoms with Crippen LogP contribution in [0.15, 0.2) is 18.2 Å². The predicted molar refractivity (Wildman–Crippen MR) is 82.7 cm³/mol. The van der Waals surface area contributed by atoms with Gasteiger partial charge in [0.2, 0.25) is 0 Å². The third-order valence-electron chi connectivity index (χ3n) is 3.81. The van der Waals surface area contributed by atoms with Crippen LogP contribution in [0.2, 0.25) is 0 Å². The maximum absolute atomic E-state index is 3.60. The zero-order chi connectivity index (χ0) is 13.1. The Morgan fingerprint density at radius 2 is 2.22 bits per heavy atom. The fourth-order valence-corrected chi connectivity index (χ4v) is 3.30. The molecule has 1 aromatic carbocycles. The van der Waals surface area contributed by atoms with Crippen LogP contribution in [0.5, 0.6) is 0 Å². The first-order valence-corrected chi connectivity index (χ1v) is 7.77. The largest absolute Gasteiger partial charge is 0.374 e. The molecule has 1 aliphatic rings. The second-order valence-corrected chi connectivity index (χ2v) is 6.12. The molecule has 0 aromatic heterocycles. The Labute approximate surface area is 119 Å². The van der Waals surface area contributed by atoms with E-state index in [1.807, 2.05) is 0 Å². The van der Waals surface area contributed by atoms with Crippen LogP contribution in [0.4, 0.5) is 5.69 Å². The Morgan fingerprint density at radius 1 is 1.44 bits per heavy atom. The first-order valence-electron chi connectivity index (χ1n) is 6.65. The van der Waals surface area contributed by atoms with Crippen molar-refractivity contribution in [3.05, 3.63) is 29.3 Å². The van der Waals surface area contributed by atoms with Crippen molar-refractivity contribution in [3.63, 3.8) is 0 Å². The number of benzene rings is 1. The minimum Gasteiger partial charge on any atom is -0.374 e. The molecule has 2 nitrogen and oxygen atoms in total. The Morgan fingerprint density at radius 3 is 2.83 bits per heavy atom. The molecule has 3 heteroatoms. The third kappa shape index (κ3) is 3.27. The van der Waals surface area contributed by atoms with Crippen molar-refractivity contribution >= 4 is 21.6 Å². The Bertz CT molecular complexity index is 405. The number of likely N-dealkylation sites (tertiary alicyclic amines) is 1. The molecular weight excluding hydrogens is 288 g/mol. The van der Waals surface area contributed by atoms with Gasteiger partial charge in [-0.15, -0.1) is 0 Å². The summed E-state index contributed by atoms with van der Waals surface area (Å²) in [4.78, 5) is 4.85. The quantitative estimate of drug-likeness (QED) is 0.788. The summed E-state index contributed by atoms with van der Waals surface area (Å²) in [5, 5.41) is 0.929. The highest BCUT2D eigenvalue weighted by Gasteiger charge is 2.21. The lowest BCUT2D eigenvalue weighted by molar-refractivity contribution is 0.396. The van der Waals surface area contributed by atoms with Crippen molar-refractivity contribution in [3.8, 4) is 0 Å². The smallest absolute Gasteiger partial charge is 0.0405 e. The highest BCUT2D eigenvalue weighted by molar-refractivity contribution is 9.08. The number of nitrogens with zero attached hydrogens (tertiary/aromatic N) is 2. The molecule has 1 unspecified atom stereocenters. The molecule has 100 valence electrons. The van der Waals surface area contributed by atoms with E-state index in [2.05, 4.69) is 64.9 Å². The van der Waals surface area contributed by atoms with Gasteiger partial charge in [-0.25, -0.2) is 0 Å². The van der Waals surface area contributed by atoms with Crippen LogP contribution in [-0.4, -0.2) is 38.6 Å². The van der Waals surface area contributed by atoms with Crippen LogP contribution in [0.25, 0.3) is 0 Å². The summed E-state index contributed by atoms with van der Waals surface area (Å²) >= 11 is 3.60. The van der Waals surface area contributed by atoms with E-state index < -0.39 is 0 Å². The molecule has 18 heavy (non-hydrogen) atoms. The fourth-order valence-electron chi connectivity index (χ4n) is 2.85. The number of alkyl halides is 1. The van der Waals surface area contributed by atoms with Gasteiger partial charge in [0.05, 0.1) is 0 Å². The number of rotatable bonds is 4. The van der Waals surface area contributed by atoms with Crippen molar-refractivity contribution in [2.75, 3.05) is 38.6 Å². The van der Waals surface area contributed by atoms with Gasteiger partial charge in [0.25, 0.3) is 0 Å². The Balaban J connectivity index is 2.06. The zero-order valence-corrected chi connectivity index (χ0v) is 13.2. The summed E-state index contributed by atoms with van der Waals surface area (Å²) in [6.45, 7) is 5.80.